The zero-order chi connectivity index (χ0) is 14.0. The van der Waals surface area contributed by atoms with Crippen LogP contribution in [0, 0.1) is 0 Å². The Hall–Kier alpha value is -1.40. The van der Waals surface area contributed by atoms with Crippen LogP contribution in [0.1, 0.15) is 35.5 Å². The number of hydrogen-bond donors (Lipinski definition) is 1. The average Bonchev–Trinajstić information content (AvgIpc) is 2.92. The van der Waals surface area contributed by atoms with Crippen LogP contribution >= 0.6 is 11.3 Å². The van der Waals surface area contributed by atoms with Crippen molar-refractivity contribution in [3.8, 4) is 0 Å². The zero-order valence-electron chi connectivity index (χ0n) is 11.1. The Morgan fingerprint density at radius 3 is 2.84 bits per heavy atom. The molecule has 1 unspecified atom stereocenters. The summed E-state index contributed by atoms with van der Waals surface area (Å²) < 4.78 is 5.05. The van der Waals surface area contributed by atoms with Crippen molar-refractivity contribution < 1.29 is 14.3 Å². The molecule has 0 radical (unpaired) electrons. The van der Waals surface area contributed by atoms with Gasteiger partial charge in [0.15, 0.2) is 0 Å². The van der Waals surface area contributed by atoms with Crippen LogP contribution in [0.25, 0.3) is 0 Å². The van der Waals surface area contributed by atoms with Crippen molar-refractivity contribution in [2.75, 3.05) is 18.1 Å². The zero-order valence-corrected chi connectivity index (χ0v) is 12.0. The lowest BCUT2D eigenvalue weighted by Crippen LogP contribution is -2.28. The lowest BCUT2D eigenvalue weighted by molar-refractivity contribution is -0.117. The lowest BCUT2D eigenvalue weighted by Gasteiger charge is -2.15. The molecule has 104 valence electrons. The van der Waals surface area contributed by atoms with E-state index in [1.54, 1.807) is 11.8 Å². The highest BCUT2D eigenvalue weighted by atomic mass is 32.1. The molecule has 1 amide bonds. The number of ether oxygens (including phenoxy) is 1. The Labute approximate surface area is 116 Å². The molecule has 5 nitrogen and oxygen atoms in total. The van der Waals surface area contributed by atoms with Crippen LogP contribution in [0.15, 0.2) is 6.07 Å². The number of nitrogens with zero attached hydrogens (tertiary/aromatic N) is 1. The molecule has 2 N–H and O–H groups in total. The highest BCUT2D eigenvalue weighted by Gasteiger charge is 2.32. The third kappa shape index (κ3) is 2.79. The first-order valence-corrected chi connectivity index (χ1v) is 7.24. The van der Waals surface area contributed by atoms with E-state index in [0.29, 0.717) is 30.1 Å². The largest absolute Gasteiger partial charge is 0.462 e. The molecule has 1 fully saturated rings. The summed E-state index contributed by atoms with van der Waals surface area (Å²) in [5.41, 5.74) is 6.28. The number of rotatable bonds is 4. The molecule has 1 aliphatic rings. The van der Waals surface area contributed by atoms with Gasteiger partial charge in [0.25, 0.3) is 0 Å². The Balaban J connectivity index is 2.35. The van der Waals surface area contributed by atoms with E-state index in [9.17, 15) is 9.59 Å². The summed E-state index contributed by atoms with van der Waals surface area (Å²) in [4.78, 5) is 26.5. The predicted molar refractivity (Wildman–Crippen MR) is 74.6 cm³/mol. The number of carbonyl (C=O) groups excluding carboxylic acids is 2. The van der Waals surface area contributed by atoms with Gasteiger partial charge in [-0.3, -0.25) is 4.79 Å². The number of nitrogens with two attached hydrogens (primary N) is 1. The number of anilines is 1. The van der Waals surface area contributed by atoms with Crippen molar-refractivity contribution in [1.29, 1.82) is 0 Å². The second-order valence-electron chi connectivity index (χ2n) is 4.47. The van der Waals surface area contributed by atoms with Crippen LogP contribution in [-0.2, 0) is 16.0 Å². The van der Waals surface area contributed by atoms with Gasteiger partial charge in [-0.2, -0.15) is 0 Å². The fourth-order valence-electron chi connectivity index (χ4n) is 2.09. The van der Waals surface area contributed by atoms with Crippen molar-refractivity contribution in [2.24, 2.45) is 5.73 Å². The van der Waals surface area contributed by atoms with Gasteiger partial charge in [-0.1, -0.05) is 6.92 Å². The molecule has 0 aromatic carbocycles. The van der Waals surface area contributed by atoms with Crippen LogP contribution in [-0.4, -0.2) is 31.1 Å². The van der Waals surface area contributed by atoms with Gasteiger partial charge in [-0.15, -0.1) is 11.3 Å². The van der Waals surface area contributed by atoms with Gasteiger partial charge >= 0.3 is 5.97 Å². The van der Waals surface area contributed by atoms with Crippen molar-refractivity contribution in [2.45, 2.75) is 32.7 Å². The fraction of sp³-hybridized carbons (Fsp3) is 0.538. The number of esters is 1. The summed E-state index contributed by atoms with van der Waals surface area (Å²) in [6.45, 7) is 4.57. The molecule has 19 heavy (non-hydrogen) atoms. The summed E-state index contributed by atoms with van der Waals surface area (Å²) in [6.07, 6.45) is 1.16. The minimum atomic E-state index is -0.373. The quantitative estimate of drug-likeness (QED) is 0.850. The van der Waals surface area contributed by atoms with Crippen LogP contribution < -0.4 is 10.6 Å². The standard InChI is InChI=1S/C13H18N2O3S/c1-3-9-6-10(13(17)18-4-2)12(19-9)15-7-8(14)5-11(15)16/h6,8H,3-5,7,14H2,1-2H3. The molecule has 2 heterocycles. The van der Waals surface area contributed by atoms with E-state index in [4.69, 9.17) is 10.5 Å². The Morgan fingerprint density at radius 2 is 2.32 bits per heavy atom. The summed E-state index contributed by atoms with van der Waals surface area (Å²) in [7, 11) is 0. The highest BCUT2D eigenvalue weighted by Crippen LogP contribution is 2.35. The van der Waals surface area contributed by atoms with Crippen LogP contribution in [0.5, 0.6) is 0 Å². The number of hydrogen-bond acceptors (Lipinski definition) is 5. The second kappa shape index (κ2) is 5.71. The number of aryl methyl sites for hydroxylation is 1. The van der Waals surface area contributed by atoms with Crippen molar-refractivity contribution in [3.63, 3.8) is 0 Å². The Bertz CT molecular complexity index is 498. The van der Waals surface area contributed by atoms with Crippen molar-refractivity contribution in [1.82, 2.24) is 0 Å². The maximum atomic E-state index is 12.0. The third-order valence-corrected chi connectivity index (χ3v) is 4.31. The predicted octanol–water partition coefficient (Wildman–Crippen LogP) is 1.55. The molecule has 0 bridgehead atoms. The molecule has 6 heteroatoms. The smallest absolute Gasteiger partial charge is 0.341 e. The topological polar surface area (TPSA) is 72.6 Å². The van der Waals surface area contributed by atoms with Crippen molar-refractivity contribution in [3.05, 3.63) is 16.5 Å². The van der Waals surface area contributed by atoms with Gasteiger partial charge in [0.1, 0.15) is 5.00 Å². The number of amides is 1. The normalized spacial score (nSPS) is 19.0. The molecule has 1 aromatic rings. The van der Waals surface area contributed by atoms with Crippen LogP contribution in [0.4, 0.5) is 5.00 Å². The summed E-state index contributed by atoms with van der Waals surface area (Å²) in [6, 6.07) is 1.66. The van der Waals surface area contributed by atoms with Gasteiger partial charge in [0.05, 0.1) is 12.2 Å². The third-order valence-electron chi connectivity index (χ3n) is 3.01. The van der Waals surface area contributed by atoms with E-state index >= 15 is 0 Å². The van der Waals surface area contributed by atoms with Gasteiger partial charge in [-0.05, 0) is 19.4 Å². The van der Waals surface area contributed by atoms with E-state index in [1.807, 2.05) is 13.0 Å². The molecular weight excluding hydrogens is 264 g/mol. The maximum absolute atomic E-state index is 12.0. The fourth-order valence-corrected chi connectivity index (χ4v) is 3.20. The first-order chi connectivity index (χ1) is 9.06. The molecular formula is C13H18N2O3S. The number of thiophene rings is 1. The molecule has 1 saturated heterocycles. The summed E-state index contributed by atoms with van der Waals surface area (Å²) >= 11 is 1.47. The lowest BCUT2D eigenvalue weighted by atomic mass is 10.2. The van der Waals surface area contributed by atoms with Crippen molar-refractivity contribution >= 4 is 28.2 Å². The molecule has 1 aromatic heterocycles. The second-order valence-corrected chi connectivity index (χ2v) is 5.59. The molecule has 1 aliphatic heterocycles. The summed E-state index contributed by atoms with van der Waals surface area (Å²) in [5.74, 6) is -0.399. The van der Waals surface area contributed by atoms with Gasteiger partial charge in [-0.25, -0.2) is 4.79 Å². The van der Waals surface area contributed by atoms with E-state index in [2.05, 4.69) is 0 Å². The van der Waals surface area contributed by atoms with Crippen LogP contribution in [0.3, 0.4) is 0 Å². The molecule has 0 aliphatic carbocycles. The molecule has 1 atom stereocenters. The van der Waals surface area contributed by atoms with E-state index < -0.39 is 0 Å². The average molecular weight is 282 g/mol. The Morgan fingerprint density at radius 1 is 1.58 bits per heavy atom. The van der Waals surface area contributed by atoms with E-state index in [0.717, 1.165) is 11.3 Å². The monoisotopic (exact) mass is 282 g/mol. The summed E-state index contributed by atoms with van der Waals surface area (Å²) in [5, 5.41) is 0.674. The van der Waals surface area contributed by atoms with Gasteiger partial charge < -0.3 is 15.4 Å². The van der Waals surface area contributed by atoms with E-state index in [1.165, 1.54) is 11.3 Å². The number of carbonyl (C=O) groups is 2. The van der Waals surface area contributed by atoms with Gasteiger partial charge in [0, 0.05) is 23.9 Å². The maximum Gasteiger partial charge on any atom is 0.341 e. The first kappa shape index (κ1) is 14.0. The van der Waals surface area contributed by atoms with E-state index in [-0.39, 0.29) is 17.9 Å². The Kier molecular flexibility index (Phi) is 4.21. The highest BCUT2D eigenvalue weighted by molar-refractivity contribution is 7.16. The van der Waals surface area contributed by atoms with Crippen LogP contribution in [0.2, 0.25) is 0 Å². The molecule has 2 rings (SSSR count). The SMILES string of the molecule is CCOC(=O)c1cc(CC)sc1N1CC(N)CC1=O. The minimum Gasteiger partial charge on any atom is -0.462 e. The minimum absolute atomic E-state index is 0.0254. The molecule has 0 spiro atoms. The molecule has 0 saturated carbocycles. The van der Waals surface area contributed by atoms with Gasteiger partial charge in [0.2, 0.25) is 5.91 Å². The first-order valence-electron chi connectivity index (χ1n) is 6.42.